The lowest BCUT2D eigenvalue weighted by Crippen LogP contribution is -2.40. The summed E-state index contributed by atoms with van der Waals surface area (Å²) in [5.74, 6) is 0. The topological polar surface area (TPSA) is 15.3 Å². The van der Waals surface area contributed by atoms with Gasteiger partial charge >= 0.3 is 0 Å². The molecule has 0 spiro atoms. The fourth-order valence-corrected chi connectivity index (χ4v) is 3.17. The van der Waals surface area contributed by atoms with Gasteiger partial charge in [-0.05, 0) is 50.8 Å². The Labute approximate surface area is 104 Å². The number of nitrogens with one attached hydrogen (secondary N) is 1. The summed E-state index contributed by atoms with van der Waals surface area (Å²) >= 11 is 0. The largest absolute Gasteiger partial charge is 0.370 e. The molecule has 1 fully saturated rings. The molecule has 3 rings (SSSR count). The van der Waals surface area contributed by atoms with Gasteiger partial charge in [-0.1, -0.05) is 17.7 Å². The van der Waals surface area contributed by atoms with Crippen LogP contribution in [0.4, 0.5) is 5.69 Å². The number of aryl methyl sites for hydroxylation is 2. The number of hydrogen-bond donors (Lipinski definition) is 1. The smallest absolute Gasteiger partial charge is 0.0399 e. The predicted octanol–water partition coefficient (Wildman–Crippen LogP) is 2.50. The fourth-order valence-electron chi connectivity index (χ4n) is 3.17. The average Bonchev–Trinajstić information content (AvgIpc) is 2.82. The fraction of sp³-hybridized carbons (Fsp3) is 0.600. The molecule has 1 aromatic rings. The first-order valence-electron chi connectivity index (χ1n) is 6.91. The maximum Gasteiger partial charge on any atom is 0.0399 e. The van der Waals surface area contributed by atoms with E-state index < -0.39 is 0 Å². The van der Waals surface area contributed by atoms with Crippen molar-refractivity contribution in [1.82, 2.24) is 5.32 Å². The second-order valence-corrected chi connectivity index (χ2v) is 5.48. The van der Waals surface area contributed by atoms with Crippen LogP contribution in [0.1, 0.15) is 30.4 Å². The van der Waals surface area contributed by atoms with Crippen molar-refractivity contribution in [3.05, 3.63) is 29.3 Å². The van der Waals surface area contributed by atoms with Crippen LogP contribution in [-0.2, 0) is 6.42 Å². The summed E-state index contributed by atoms with van der Waals surface area (Å²) in [6, 6.07) is 7.64. The van der Waals surface area contributed by atoms with E-state index in [0.29, 0.717) is 6.04 Å². The van der Waals surface area contributed by atoms with Gasteiger partial charge in [-0.2, -0.15) is 0 Å². The van der Waals surface area contributed by atoms with Gasteiger partial charge in [0.05, 0.1) is 0 Å². The third-order valence-electron chi connectivity index (χ3n) is 4.05. The van der Waals surface area contributed by atoms with E-state index in [4.69, 9.17) is 0 Å². The molecule has 92 valence electrons. The van der Waals surface area contributed by atoms with Crippen molar-refractivity contribution in [3.8, 4) is 0 Å². The number of fused-ring (bicyclic) bond motifs is 1. The Hall–Kier alpha value is -1.02. The number of anilines is 1. The molecule has 0 aromatic heterocycles. The normalized spacial score (nSPS) is 23.8. The molecule has 0 aliphatic carbocycles. The second-order valence-electron chi connectivity index (χ2n) is 5.48. The monoisotopic (exact) mass is 230 g/mol. The highest BCUT2D eigenvalue weighted by molar-refractivity contribution is 5.56. The van der Waals surface area contributed by atoms with Crippen LogP contribution in [-0.4, -0.2) is 25.7 Å². The van der Waals surface area contributed by atoms with Crippen LogP contribution in [0.5, 0.6) is 0 Å². The number of benzene rings is 1. The Bertz CT molecular complexity index is 394. The van der Waals surface area contributed by atoms with Gasteiger partial charge in [0, 0.05) is 24.8 Å². The highest BCUT2D eigenvalue weighted by Gasteiger charge is 2.21. The molecular weight excluding hydrogens is 208 g/mol. The van der Waals surface area contributed by atoms with E-state index in [1.54, 1.807) is 5.56 Å². The molecule has 0 unspecified atom stereocenters. The van der Waals surface area contributed by atoms with E-state index in [2.05, 4.69) is 35.3 Å². The lowest BCUT2D eigenvalue weighted by atomic mass is 9.99. The summed E-state index contributed by atoms with van der Waals surface area (Å²) < 4.78 is 0. The quantitative estimate of drug-likeness (QED) is 0.840. The molecule has 2 heterocycles. The molecule has 1 aromatic carbocycles. The summed E-state index contributed by atoms with van der Waals surface area (Å²) in [5, 5.41) is 3.60. The zero-order valence-corrected chi connectivity index (χ0v) is 10.7. The minimum absolute atomic E-state index is 0.710. The predicted molar refractivity (Wildman–Crippen MR) is 72.7 cm³/mol. The molecule has 2 aliphatic heterocycles. The lowest BCUT2D eigenvalue weighted by Gasteiger charge is -2.33. The van der Waals surface area contributed by atoms with Crippen molar-refractivity contribution in [2.24, 2.45) is 0 Å². The van der Waals surface area contributed by atoms with Crippen molar-refractivity contribution < 1.29 is 0 Å². The Morgan fingerprint density at radius 3 is 3.12 bits per heavy atom. The van der Waals surface area contributed by atoms with Crippen LogP contribution in [0, 0.1) is 6.92 Å². The van der Waals surface area contributed by atoms with Gasteiger partial charge in [0.15, 0.2) is 0 Å². The van der Waals surface area contributed by atoms with Crippen LogP contribution >= 0.6 is 0 Å². The van der Waals surface area contributed by atoms with Gasteiger partial charge in [-0.3, -0.25) is 0 Å². The van der Waals surface area contributed by atoms with Gasteiger partial charge < -0.3 is 10.2 Å². The molecule has 0 amide bonds. The van der Waals surface area contributed by atoms with Crippen LogP contribution < -0.4 is 10.2 Å². The van der Waals surface area contributed by atoms with E-state index in [-0.39, 0.29) is 0 Å². The molecule has 0 radical (unpaired) electrons. The number of hydrogen-bond acceptors (Lipinski definition) is 2. The molecule has 2 nitrogen and oxygen atoms in total. The Morgan fingerprint density at radius 1 is 1.35 bits per heavy atom. The molecule has 17 heavy (non-hydrogen) atoms. The first-order chi connectivity index (χ1) is 8.33. The molecule has 1 saturated heterocycles. The Kier molecular flexibility index (Phi) is 3.06. The van der Waals surface area contributed by atoms with Gasteiger partial charge in [0.25, 0.3) is 0 Å². The lowest BCUT2D eigenvalue weighted by molar-refractivity contribution is 0.564. The average molecular weight is 230 g/mol. The highest BCUT2D eigenvalue weighted by Crippen LogP contribution is 2.28. The van der Waals surface area contributed by atoms with Crippen molar-refractivity contribution in [2.45, 2.75) is 38.6 Å². The molecule has 0 bridgehead atoms. The van der Waals surface area contributed by atoms with E-state index in [0.717, 1.165) is 0 Å². The van der Waals surface area contributed by atoms with E-state index >= 15 is 0 Å². The highest BCUT2D eigenvalue weighted by atomic mass is 15.2. The van der Waals surface area contributed by atoms with Gasteiger partial charge in [0.1, 0.15) is 0 Å². The number of rotatable bonds is 2. The molecule has 2 aliphatic rings. The van der Waals surface area contributed by atoms with Crippen molar-refractivity contribution >= 4 is 5.69 Å². The molecule has 2 heteroatoms. The third-order valence-corrected chi connectivity index (χ3v) is 4.05. The standard InChI is InChI=1S/C15H22N2/c1-12-6-7-15-13(10-12)4-3-9-17(15)11-14-5-2-8-16-14/h6-7,10,14,16H,2-5,8-9,11H2,1H3/t14-/m1/s1. The van der Waals surface area contributed by atoms with E-state index in [9.17, 15) is 0 Å². The molecule has 0 saturated carbocycles. The molecular formula is C15H22N2. The summed E-state index contributed by atoms with van der Waals surface area (Å²) in [6.07, 6.45) is 5.26. The van der Waals surface area contributed by atoms with Crippen molar-refractivity contribution in [2.75, 3.05) is 24.5 Å². The Balaban J connectivity index is 1.78. The number of nitrogens with zero attached hydrogens (tertiary/aromatic N) is 1. The molecule has 1 N–H and O–H groups in total. The summed E-state index contributed by atoms with van der Waals surface area (Å²) in [5.41, 5.74) is 4.43. The van der Waals surface area contributed by atoms with E-state index in [1.807, 2.05) is 0 Å². The van der Waals surface area contributed by atoms with Crippen LogP contribution in [0.25, 0.3) is 0 Å². The minimum Gasteiger partial charge on any atom is -0.370 e. The summed E-state index contributed by atoms with van der Waals surface area (Å²) in [4.78, 5) is 2.58. The summed E-state index contributed by atoms with van der Waals surface area (Å²) in [6.45, 7) is 5.82. The van der Waals surface area contributed by atoms with Gasteiger partial charge in [0.2, 0.25) is 0 Å². The van der Waals surface area contributed by atoms with Crippen molar-refractivity contribution in [3.63, 3.8) is 0 Å². The third kappa shape index (κ3) is 2.32. The maximum absolute atomic E-state index is 3.60. The minimum atomic E-state index is 0.710. The van der Waals surface area contributed by atoms with E-state index in [1.165, 1.54) is 56.6 Å². The summed E-state index contributed by atoms with van der Waals surface area (Å²) in [7, 11) is 0. The van der Waals surface area contributed by atoms with Gasteiger partial charge in [-0.15, -0.1) is 0 Å². The molecule has 1 atom stereocenters. The Morgan fingerprint density at radius 2 is 2.29 bits per heavy atom. The van der Waals surface area contributed by atoms with Crippen LogP contribution in [0.3, 0.4) is 0 Å². The van der Waals surface area contributed by atoms with Crippen LogP contribution in [0.2, 0.25) is 0 Å². The maximum atomic E-state index is 3.60. The van der Waals surface area contributed by atoms with Crippen LogP contribution in [0.15, 0.2) is 18.2 Å². The first kappa shape index (κ1) is 11.1. The zero-order chi connectivity index (χ0) is 11.7. The first-order valence-corrected chi connectivity index (χ1v) is 6.91. The zero-order valence-electron chi connectivity index (χ0n) is 10.7. The van der Waals surface area contributed by atoms with Gasteiger partial charge in [-0.25, -0.2) is 0 Å². The van der Waals surface area contributed by atoms with Crippen molar-refractivity contribution in [1.29, 1.82) is 0 Å². The second kappa shape index (κ2) is 4.69. The SMILES string of the molecule is Cc1ccc2c(c1)CCCN2C[C@H]1CCCN1.